The Labute approximate surface area is 311 Å². The molecule has 53 heavy (non-hydrogen) atoms. The lowest BCUT2D eigenvalue weighted by molar-refractivity contribution is 1.28. The molecule has 0 heterocycles. The molecule has 1 heteroatoms. The molecule has 0 saturated heterocycles. The van der Waals surface area contributed by atoms with Crippen LogP contribution < -0.4 is 4.90 Å². The quantitative estimate of drug-likeness (QED) is 0.155. The molecule has 0 aliphatic heterocycles. The molecule has 0 aromatic heterocycles. The van der Waals surface area contributed by atoms with E-state index in [-0.39, 0.29) is 0 Å². The topological polar surface area (TPSA) is 3.24 Å². The van der Waals surface area contributed by atoms with E-state index >= 15 is 0 Å². The third-order valence-corrected chi connectivity index (χ3v) is 10.0. The van der Waals surface area contributed by atoms with E-state index < -0.39 is 0 Å². The molecule has 9 aromatic carbocycles. The number of benzene rings is 9. The standard InChI is InChI=1S/C52H37N/c1-7-21-38(22-8-1)49-46-36-35-42(45-33-19-20-34-48(45)53(43-29-15-5-16-30-43)44-31-17-6-18-32-44)37-47(46)50(39-23-9-2-10-24-39)52(41-27-13-4-14-28-41)51(49)40-25-11-3-12-26-40/h1-37H. The molecule has 0 radical (unpaired) electrons. The van der Waals surface area contributed by atoms with Crippen molar-refractivity contribution in [1.29, 1.82) is 0 Å². The lowest BCUT2D eigenvalue weighted by Crippen LogP contribution is -2.10. The van der Waals surface area contributed by atoms with Gasteiger partial charge in [0.25, 0.3) is 0 Å². The van der Waals surface area contributed by atoms with Crippen molar-refractivity contribution in [2.45, 2.75) is 0 Å². The Hall–Kier alpha value is -6.96. The minimum Gasteiger partial charge on any atom is -0.310 e. The van der Waals surface area contributed by atoms with Gasteiger partial charge in [-0.2, -0.15) is 0 Å². The van der Waals surface area contributed by atoms with Gasteiger partial charge in [0.05, 0.1) is 5.69 Å². The number of nitrogens with zero attached hydrogens (tertiary/aromatic N) is 1. The van der Waals surface area contributed by atoms with Gasteiger partial charge >= 0.3 is 0 Å². The van der Waals surface area contributed by atoms with Crippen LogP contribution in [0.3, 0.4) is 0 Å². The fourth-order valence-electron chi connectivity index (χ4n) is 7.75. The van der Waals surface area contributed by atoms with Gasteiger partial charge in [-0.25, -0.2) is 0 Å². The van der Waals surface area contributed by atoms with E-state index in [9.17, 15) is 0 Å². The van der Waals surface area contributed by atoms with Gasteiger partial charge in [0.2, 0.25) is 0 Å². The Kier molecular flexibility index (Phi) is 8.66. The van der Waals surface area contributed by atoms with E-state index in [0.717, 1.165) is 28.2 Å². The Morgan fingerprint density at radius 3 is 1.06 bits per heavy atom. The minimum absolute atomic E-state index is 1.11. The van der Waals surface area contributed by atoms with E-state index in [1.165, 1.54) is 55.3 Å². The van der Waals surface area contributed by atoms with Crippen LogP contribution >= 0.6 is 0 Å². The second-order valence-electron chi connectivity index (χ2n) is 13.2. The SMILES string of the molecule is c1ccc(-c2c(-c3ccccc3)c(-c3ccccc3)c3cc(-c4ccccc4N(c4ccccc4)c4ccccc4)ccc3c2-c2ccccc2)cc1. The summed E-state index contributed by atoms with van der Waals surface area (Å²) in [7, 11) is 0. The van der Waals surface area contributed by atoms with Crippen LogP contribution in [0, 0.1) is 0 Å². The maximum absolute atomic E-state index is 2.43. The van der Waals surface area contributed by atoms with Crippen molar-refractivity contribution < 1.29 is 0 Å². The lowest BCUT2D eigenvalue weighted by atomic mass is 9.78. The normalized spacial score (nSPS) is 11.0. The molecule has 0 unspecified atom stereocenters. The summed E-state index contributed by atoms with van der Waals surface area (Å²) in [5.74, 6) is 0. The first-order chi connectivity index (χ1) is 26.3. The number of anilines is 3. The summed E-state index contributed by atoms with van der Waals surface area (Å²) < 4.78 is 0. The minimum atomic E-state index is 1.11. The summed E-state index contributed by atoms with van der Waals surface area (Å²) in [4.78, 5) is 2.36. The molecule has 0 N–H and O–H groups in total. The fourth-order valence-corrected chi connectivity index (χ4v) is 7.75. The number of fused-ring (bicyclic) bond motifs is 1. The first-order valence-corrected chi connectivity index (χ1v) is 18.2. The average Bonchev–Trinajstić information content (AvgIpc) is 3.25. The van der Waals surface area contributed by atoms with Crippen LogP contribution in [0.1, 0.15) is 0 Å². The first-order valence-electron chi connectivity index (χ1n) is 18.2. The van der Waals surface area contributed by atoms with Gasteiger partial charge in [-0.05, 0) is 97.2 Å². The van der Waals surface area contributed by atoms with Gasteiger partial charge in [0.15, 0.2) is 0 Å². The van der Waals surface area contributed by atoms with Gasteiger partial charge in [0.1, 0.15) is 0 Å². The molecular weight excluding hydrogens is 639 g/mol. The van der Waals surface area contributed by atoms with Gasteiger partial charge in [-0.3, -0.25) is 0 Å². The predicted molar refractivity (Wildman–Crippen MR) is 226 cm³/mol. The molecule has 250 valence electrons. The van der Waals surface area contributed by atoms with Gasteiger partial charge in [-0.15, -0.1) is 0 Å². The summed E-state index contributed by atoms with van der Waals surface area (Å²) in [6.45, 7) is 0. The van der Waals surface area contributed by atoms with Crippen molar-refractivity contribution >= 4 is 27.8 Å². The van der Waals surface area contributed by atoms with Crippen molar-refractivity contribution in [3.63, 3.8) is 0 Å². The molecule has 0 fully saturated rings. The Morgan fingerprint density at radius 2 is 0.604 bits per heavy atom. The number of hydrogen-bond donors (Lipinski definition) is 0. The monoisotopic (exact) mass is 675 g/mol. The second kappa shape index (κ2) is 14.3. The maximum Gasteiger partial charge on any atom is 0.0540 e. The Morgan fingerprint density at radius 1 is 0.245 bits per heavy atom. The van der Waals surface area contributed by atoms with E-state index in [4.69, 9.17) is 0 Å². The third kappa shape index (κ3) is 6.09. The third-order valence-electron chi connectivity index (χ3n) is 10.0. The Balaban J connectivity index is 1.41. The molecule has 0 atom stereocenters. The van der Waals surface area contributed by atoms with Crippen LogP contribution in [0.15, 0.2) is 224 Å². The van der Waals surface area contributed by atoms with E-state index in [2.05, 4.69) is 229 Å². The van der Waals surface area contributed by atoms with Crippen molar-refractivity contribution in [1.82, 2.24) is 0 Å². The van der Waals surface area contributed by atoms with Crippen molar-refractivity contribution in [3.8, 4) is 55.6 Å². The van der Waals surface area contributed by atoms with Crippen LogP contribution in [0.2, 0.25) is 0 Å². The molecule has 0 saturated carbocycles. The molecule has 1 nitrogen and oxygen atoms in total. The summed E-state index contributed by atoms with van der Waals surface area (Å²) >= 11 is 0. The van der Waals surface area contributed by atoms with Gasteiger partial charge < -0.3 is 4.90 Å². The van der Waals surface area contributed by atoms with Crippen LogP contribution in [0.4, 0.5) is 17.1 Å². The Bertz CT molecular complexity index is 2580. The van der Waals surface area contributed by atoms with Crippen molar-refractivity contribution in [2.75, 3.05) is 4.90 Å². The zero-order valence-corrected chi connectivity index (χ0v) is 29.3. The molecule has 0 aliphatic rings. The highest BCUT2D eigenvalue weighted by Gasteiger charge is 2.25. The summed E-state index contributed by atoms with van der Waals surface area (Å²) in [6.07, 6.45) is 0. The van der Waals surface area contributed by atoms with Gasteiger partial charge in [-0.1, -0.05) is 188 Å². The smallest absolute Gasteiger partial charge is 0.0540 e. The van der Waals surface area contributed by atoms with E-state index in [1.54, 1.807) is 0 Å². The first kappa shape index (κ1) is 32.0. The highest BCUT2D eigenvalue weighted by atomic mass is 15.1. The van der Waals surface area contributed by atoms with Crippen LogP contribution in [0.5, 0.6) is 0 Å². The summed E-state index contributed by atoms with van der Waals surface area (Å²) in [6, 6.07) is 80.8. The van der Waals surface area contributed by atoms with Crippen LogP contribution in [0.25, 0.3) is 66.4 Å². The zero-order chi connectivity index (χ0) is 35.4. The maximum atomic E-state index is 2.43. The highest BCUT2D eigenvalue weighted by Crippen LogP contribution is 2.52. The fraction of sp³-hybridized carbons (Fsp3) is 0. The van der Waals surface area contributed by atoms with E-state index in [1.807, 2.05) is 0 Å². The second-order valence-corrected chi connectivity index (χ2v) is 13.2. The molecule has 0 amide bonds. The number of para-hydroxylation sites is 3. The molecule has 0 aliphatic carbocycles. The molecular formula is C52H37N. The van der Waals surface area contributed by atoms with E-state index in [0.29, 0.717) is 0 Å². The lowest BCUT2D eigenvalue weighted by Gasteiger charge is -2.28. The van der Waals surface area contributed by atoms with Gasteiger partial charge in [0, 0.05) is 16.9 Å². The summed E-state index contributed by atoms with van der Waals surface area (Å²) in [5, 5.41) is 2.43. The zero-order valence-electron chi connectivity index (χ0n) is 29.3. The number of hydrogen-bond acceptors (Lipinski definition) is 1. The van der Waals surface area contributed by atoms with Crippen LogP contribution in [-0.4, -0.2) is 0 Å². The molecule has 0 spiro atoms. The predicted octanol–water partition coefficient (Wildman–Crippen LogP) is 14.6. The molecule has 0 bridgehead atoms. The average molecular weight is 676 g/mol. The highest BCUT2D eigenvalue weighted by molar-refractivity contribution is 6.19. The molecule has 9 rings (SSSR count). The van der Waals surface area contributed by atoms with Crippen LogP contribution in [-0.2, 0) is 0 Å². The van der Waals surface area contributed by atoms with Crippen molar-refractivity contribution in [3.05, 3.63) is 224 Å². The molecule has 9 aromatic rings. The number of rotatable bonds is 8. The largest absolute Gasteiger partial charge is 0.310 e. The summed E-state index contributed by atoms with van der Waals surface area (Å²) in [5.41, 5.74) is 15.4. The van der Waals surface area contributed by atoms with Crippen molar-refractivity contribution in [2.24, 2.45) is 0 Å².